The van der Waals surface area contributed by atoms with Crippen LogP contribution < -0.4 is 14.9 Å². The van der Waals surface area contributed by atoms with Gasteiger partial charge in [-0.05, 0) is 17.7 Å². The first kappa shape index (κ1) is 18.2. The average molecular weight is 364 g/mol. The molecule has 2 aromatic carbocycles. The number of amides is 1. The molecule has 0 saturated carbocycles. The number of hydrogen-bond donors (Lipinski definition) is 1. The van der Waals surface area contributed by atoms with E-state index in [9.17, 15) is 4.79 Å². The third-order valence-electron chi connectivity index (χ3n) is 3.67. The summed E-state index contributed by atoms with van der Waals surface area (Å²) in [7, 11) is 1.55. The van der Waals surface area contributed by atoms with Crippen LogP contribution in [0.5, 0.6) is 11.5 Å². The van der Waals surface area contributed by atoms with Crippen LogP contribution in [-0.4, -0.2) is 35.6 Å². The van der Waals surface area contributed by atoms with Gasteiger partial charge in [0.25, 0.3) is 5.91 Å². The van der Waals surface area contributed by atoms with Gasteiger partial charge in [0.15, 0.2) is 18.1 Å². The minimum Gasteiger partial charge on any atom is -0.493 e. The molecule has 1 amide bonds. The summed E-state index contributed by atoms with van der Waals surface area (Å²) in [5, 5.41) is 8.21. The lowest BCUT2D eigenvalue weighted by molar-refractivity contribution is -0.123. The number of carbonyl (C=O) groups excluding carboxylic acids is 1. The molecule has 1 N–H and O–H groups in total. The van der Waals surface area contributed by atoms with Gasteiger partial charge in [-0.1, -0.05) is 42.5 Å². The zero-order chi connectivity index (χ0) is 18.9. The van der Waals surface area contributed by atoms with Crippen LogP contribution in [0, 0.1) is 0 Å². The molecular weight excluding hydrogens is 344 g/mol. The van der Waals surface area contributed by atoms with Crippen molar-refractivity contribution in [2.45, 2.75) is 6.54 Å². The molecule has 27 heavy (non-hydrogen) atoms. The Morgan fingerprint density at radius 3 is 2.67 bits per heavy atom. The van der Waals surface area contributed by atoms with Gasteiger partial charge < -0.3 is 9.47 Å². The van der Waals surface area contributed by atoms with E-state index in [1.807, 2.05) is 47.3 Å². The Morgan fingerprint density at radius 2 is 1.89 bits per heavy atom. The molecule has 0 unspecified atom stereocenters. The molecule has 0 aliphatic carbocycles. The van der Waals surface area contributed by atoms with Gasteiger partial charge in [0.05, 0.1) is 26.1 Å². The largest absolute Gasteiger partial charge is 0.493 e. The number of benzene rings is 2. The van der Waals surface area contributed by atoms with Crippen molar-refractivity contribution in [1.29, 1.82) is 0 Å². The Morgan fingerprint density at radius 1 is 1.15 bits per heavy atom. The van der Waals surface area contributed by atoms with E-state index in [0.29, 0.717) is 18.0 Å². The number of ether oxygens (including phenoxy) is 2. The van der Waals surface area contributed by atoms with Gasteiger partial charge in [-0.25, -0.2) is 5.43 Å². The number of para-hydroxylation sites is 2. The van der Waals surface area contributed by atoms with Gasteiger partial charge in [-0.15, -0.1) is 0 Å². The third kappa shape index (κ3) is 5.43. The lowest BCUT2D eigenvalue weighted by Gasteiger charge is -2.08. The fourth-order valence-electron chi connectivity index (χ4n) is 2.40. The monoisotopic (exact) mass is 364 g/mol. The standard InChI is InChI=1S/C20H20N4O3/c1-26-18-9-5-6-10-19(18)27-15-20(25)23-21-11-17-12-22-24(14-17)13-16-7-3-2-4-8-16/h2-12,14H,13,15H2,1H3,(H,23,25)/b21-11-. The van der Waals surface area contributed by atoms with Crippen molar-refractivity contribution < 1.29 is 14.3 Å². The Balaban J connectivity index is 1.47. The van der Waals surface area contributed by atoms with Crippen LogP contribution in [0.4, 0.5) is 0 Å². The summed E-state index contributed by atoms with van der Waals surface area (Å²) in [5.74, 6) is 0.704. The molecule has 0 aliphatic heterocycles. The van der Waals surface area contributed by atoms with Crippen LogP contribution >= 0.6 is 0 Å². The number of hydrazone groups is 1. The number of rotatable bonds is 8. The lowest BCUT2D eigenvalue weighted by Crippen LogP contribution is -2.24. The molecule has 3 rings (SSSR count). The number of carbonyl (C=O) groups is 1. The molecule has 138 valence electrons. The van der Waals surface area contributed by atoms with Crippen LogP contribution in [0.3, 0.4) is 0 Å². The number of aromatic nitrogens is 2. The number of methoxy groups -OCH3 is 1. The summed E-state index contributed by atoms with van der Waals surface area (Å²) in [6.45, 7) is 0.513. The molecule has 1 aromatic heterocycles. The second-order valence-corrected chi connectivity index (χ2v) is 5.69. The molecule has 7 nitrogen and oxygen atoms in total. The first-order valence-electron chi connectivity index (χ1n) is 8.38. The average Bonchev–Trinajstić information content (AvgIpc) is 3.14. The highest BCUT2D eigenvalue weighted by Crippen LogP contribution is 2.25. The maximum absolute atomic E-state index is 11.8. The number of hydrogen-bond acceptors (Lipinski definition) is 5. The predicted molar refractivity (Wildman–Crippen MR) is 102 cm³/mol. The molecule has 0 saturated heterocycles. The quantitative estimate of drug-likeness (QED) is 0.492. The van der Waals surface area contributed by atoms with E-state index in [-0.39, 0.29) is 12.5 Å². The molecule has 0 spiro atoms. The van der Waals surface area contributed by atoms with Gasteiger partial charge in [-0.3, -0.25) is 9.48 Å². The normalized spacial score (nSPS) is 10.7. The van der Waals surface area contributed by atoms with Crippen LogP contribution in [0.15, 0.2) is 72.1 Å². The molecule has 1 heterocycles. The van der Waals surface area contributed by atoms with E-state index >= 15 is 0 Å². The Hall–Kier alpha value is -3.61. The van der Waals surface area contributed by atoms with Crippen molar-refractivity contribution in [3.05, 3.63) is 78.1 Å². The number of nitrogens with one attached hydrogen (secondary N) is 1. The van der Waals surface area contributed by atoms with Crippen molar-refractivity contribution in [2.75, 3.05) is 13.7 Å². The fourth-order valence-corrected chi connectivity index (χ4v) is 2.40. The summed E-state index contributed by atoms with van der Waals surface area (Å²) in [6.07, 6.45) is 5.08. The van der Waals surface area contributed by atoms with E-state index in [2.05, 4.69) is 15.6 Å². The van der Waals surface area contributed by atoms with E-state index < -0.39 is 0 Å². The van der Waals surface area contributed by atoms with Crippen LogP contribution in [0.25, 0.3) is 0 Å². The molecule has 7 heteroatoms. The Kier molecular flexibility index (Phi) is 6.19. The van der Waals surface area contributed by atoms with Crippen LogP contribution in [0.2, 0.25) is 0 Å². The second-order valence-electron chi connectivity index (χ2n) is 5.69. The summed E-state index contributed by atoms with van der Waals surface area (Å²) in [5.41, 5.74) is 4.37. The molecule has 0 fully saturated rings. The molecule has 0 radical (unpaired) electrons. The molecule has 3 aromatic rings. The van der Waals surface area contributed by atoms with Crippen molar-refractivity contribution in [3.8, 4) is 11.5 Å². The molecule has 0 atom stereocenters. The zero-order valence-corrected chi connectivity index (χ0v) is 14.9. The van der Waals surface area contributed by atoms with E-state index in [1.165, 1.54) is 6.21 Å². The first-order chi connectivity index (χ1) is 13.2. The smallest absolute Gasteiger partial charge is 0.277 e. The maximum atomic E-state index is 11.8. The minimum absolute atomic E-state index is 0.162. The molecule has 0 aliphatic rings. The van der Waals surface area contributed by atoms with Crippen molar-refractivity contribution in [3.63, 3.8) is 0 Å². The third-order valence-corrected chi connectivity index (χ3v) is 3.67. The van der Waals surface area contributed by atoms with Crippen LogP contribution in [0.1, 0.15) is 11.1 Å². The van der Waals surface area contributed by atoms with Crippen molar-refractivity contribution >= 4 is 12.1 Å². The van der Waals surface area contributed by atoms with E-state index in [1.54, 1.807) is 31.5 Å². The summed E-state index contributed by atoms with van der Waals surface area (Å²) < 4.78 is 12.4. The SMILES string of the molecule is COc1ccccc1OCC(=O)N/N=C\c1cnn(Cc2ccccc2)c1. The van der Waals surface area contributed by atoms with Crippen molar-refractivity contribution in [1.82, 2.24) is 15.2 Å². The highest BCUT2D eigenvalue weighted by molar-refractivity contribution is 5.82. The highest BCUT2D eigenvalue weighted by Gasteiger charge is 2.06. The van der Waals surface area contributed by atoms with E-state index in [0.717, 1.165) is 11.1 Å². The summed E-state index contributed by atoms with van der Waals surface area (Å²) in [4.78, 5) is 11.8. The Bertz CT molecular complexity index is 906. The van der Waals surface area contributed by atoms with Gasteiger partial charge in [0, 0.05) is 11.8 Å². The van der Waals surface area contributed by atoms with Gasteiger partial charge in [0.1, 0.15) is 0 Å². The maximum Gasteiger partial charge on any atom is 0.277 e. The van der Waals surface area contributed by atoms with E-state index in [4.69, 9.17) is 9.47 Å². The molecule has 0 bridgehead atoms. The lowest BCUT2D eigenvalue weighted by atomic mass is 10.2. The minimum atomic E-state index is -0.367. The summed E-state index contributed by atoms with van der Waals surface area (Å²) in [6, 6.07) is 17.2. The zero-order valence-electron chi connectivity index (χ0n) is 14.9. The topological polar surface area (TPSA) is 77.7 Å². The fraction of sp³-hybridized carbons (Fsp3) is 0.150. The molecular formula is C20H20N4O3. The van der Waals surface area contributed by atoms with Gasteiger partial charge in [0.2, 0.25) is 0 Å². The summed E-state index contributed by atoms with van der Waals surface area (Å²) >= 11 is 0. The highest BCUT2D eigenvalue weighted by atomic mass is 16.5. The first-order valence-corrected chi connectivity index (χ1v) is 8.38. The second kappa shape index (κ2) is 9.19. The van der Waals surface area contributed by atoms with Gasteiger partial charge >= 0.3 is 0 Å². The van der Waals surface area contributed by atoms with Gasteiger partial charge in [-0.2, -0.15) is 10.2 Å². The predicted octanol–water partition coefficient (Wildman–Crippen LogP) is 2.47. The van der Waals surface area contributed by atoms with Crippen molar-refractivity contribution in [2.24, 2.45) is 5.10 Å². The Labute approximate surface area is 157 Å². The van der Waals surface area contributed by atoms with Crippen LogP contribution in [-0.2, 0) is 11.3 Å². The number of nitrogens with zero attached hydrogens (tertiary/aromatic N) is 3.